The fraction of sp³-hybridized carbons (Fsp3) is 0.263. The Labute approximate surface area is 156 Å². The summed E-state index contributed by atoms with van der Waals surface area (Å²) in [5.41, 5.74) is 2.44. The molecule has 0 bridgehead atoms. The zero-order valence-corrected chi connectivity index (χ0v) is 15.6. The average Bonchev–Trinajstić information content (AvgIpc) is 3.15. The Morgan fingerprint density at radius 1 is 1.21 bits per heavy atom. The lowest BCUT2D eigenvalue weighted by Crippen LogP contribution is -2.27. The van der Waals surface area contributed by atoms with Gasteiger partial charge in [-0.25, -0.2) is 0 Å². The summed E-state index contributed by atoms with van der Waals surface area (Å²) < 4.78 is 6.99. The van der Waals surface area contributed by atoms with Gasteiger partial charge in [0.05, 0.1) is 17.2 Å². The number of benzene rings is 2. The number of ether oxygens (including phenoxy) is 1. The van der Waals surface area contributed by atoms with E-state index in [1.54, 1.807) is 6.07 Å². The Kier molecular flexibility index (Phi) is 5.49. The number of nitriles is 1. The first kappa shape index (κ1) is 16.9. The van der Waals surface area contributed by atoms with E-state index in [0.717, 1.165) is 39.4 Å². The van der Waals surface area contributed by atoms with Gasteiger partial charge in [-0.05, 0) is 37.1 Å². The molecule has 5 heteroatoms. The van der Waals surface area contributed by atoms with Gasteiger partial charge < -0.3 is 9.64 Å². The van der Waals surface area contributed by atoms with Crippen LogP contribution in [0, 0.1) is 11.3 Å². The minimum atomic E-state index is 0.348. The fourth-order valence-corrected chi connectivity index (χ4v) is 3.50. The number of hydrogen-bond acceptors (Lipinski definition) is 3. The molecule has 122 valence electrons. The summed E-state index contributed by atoms with van der Waals surface area (Å²) in [6.45, 7) is 2.35. The molecule has 1 fully saturated rings. The van der Waals surface area contributed by atoms with Crippen LogP contribution < -0.4 is 4.74 Å². The third-order valence-electron chi connectivity index (χ3n) is 4.09. The fourth-order valence-electron chi connectivity index (χ4n) is 2.80. The molecule has 3 nitrogen and oxygen atoms in total. The summed E-state index contributed by atoms with van der Waals surface area (Å²) in [4.78, 5) is 3.06. The van der Waals surface area contributed by atoms with Crippen molar-refractivity contribution in [2.75, 3.05) is 13.1 Å². The number of likely N-dealkylation sites (tertiary alicyclic amines) is 1. The molecule has 0 N–H and O–H groups in total. The van der Waals surface area contributed by atoms with E-state index in [0.29, 0.717) is 12.2 Å². The number of thiocarbonyl (C=S) groups is 1. The van der Waals surface area contributed by atoms with Crippen LogP contribution in [0.15, 0.2) is 46.9 Å². The third-order valence-corrected chi connectivity index (χ3v) is 5.06. The van der Waals surface area contributed by atoms with Gasteiger partial charge in [-0.2, -0.15) is 5.26 Å². The van der Waals surface area contributed by atoms with Crippen LogP contribution in [0.3, 0.4) is 0 Å². The van der Waals surface area contributed by atoms with Gasteiger partial charge in [0, 0.05) is 23.1 Å². The van der Waals surface area contributed by atoms with Crippen LogP contribution in [0.2, 0.25) is 0 Å². The predicted molar refractivity (Wildman–Crippen MR) is 102 cm³/mol. The normalized spacial score (nSPS) is 13.6. The molecular formula is C19H17BrN2OS. The van der Waals surface area contributed by atoms with E-state index in [9.17, 15) is 5.26 Å². The summed E-state index contributed by atoms with van der Waals surface area (Å²) in [6, 6.07) is 15.6. The number of rotatable bonds is 4. The van der Waals surface area contributed by atoms with Crippen LogP contribution in [0.4, 0.5) is 0 Å². The van der Waals surface area contributed by atoms with Gasteiger partial charge in [0.2, 0.25) is 0 Å². The average molecular weight is 401 g/mol. The van der Waals surface area contributed by atoms with Crippen molar-refractivity contribution in [3.63, 3.8) is 0 Å². The Morgan fingerprint density at radius 2 is 1.96 bits per heavy atom. The Balaban J connectivity index is 1.83. The van der Waals surface area contributed by atoms with E-state index in [1.807, 2.05) is 36.4 Å². The van der Waals surface area contributed by atoms with Crippen LogP contribution >= 0.6 is 28.1 Å². The molecule has 2 aromatic rings. The Morgan fingerprint density at radius 3 is 2.71 bits per heavy atom. The predicted octanol–water partition coefficient (Wildman–Crippen LogP) is 4.67. The quantitative estimate of drug-likeness (QED) is 0.698. The number of hydrogen-bond donors (Lipinski definition) is 0. The first-order valence-electron chi connectivity index (χ1n) is 7.88. The SMILES string of the molecule is N#Cc1ccccc1COc1ccc(Br)cc1C(=S)N1CCCC1. The molecule has 0 spiro atoms. The minimum Gasteiger partial charge on any atom is -0.488 e. The second kappa shape index (κ2) is 7.78. The maximum absolute atomic E-state index is 9.20. The lowest BCUT2D eigenvalue weighted by Gasteiger charge is -2.21. The van der Waals surface area contributed by atoms with E-state index in [2.05, 4.69) is 26.9 Å². The molecule has 3 rings (SSSR count). The number of nitrogens with zero attached hydrogens (tertiary/aromatic N) is 2. The second-order valence-electron chi connectivity index (χ2n) is 5.70. The first-order chi connectivity index (χ1) is 11.7. The molecule has 2 aromatic carbocycles. The first-order valence-corrected chi connectivity index (χ1v) is 9.09. The van der Waals surface area contributed by atoms with Crippen molar-refractivity contribution >= 4 is 33.1 Å². The van der Waals surface area contributed by atoms with Crippen molar-refractivity contribution in [1.29, 1.82) is 5.26 Å². The molecule has 1 aliphatic heterocycles. The molecular weight excluding hydrogens is 384 g/mol. The van der Waals surface area contributed by atoms with Crippen LogP contribution in [0.25, 0.3) is 0 Å². The largest absolute Gasteiger partial charge is 0.488 e. The summed E-state index contributed by atoms with van der Waals surface area (Å²) in [6.07, 6.45) is 2.36. The van der Waals surface area contributed by atoms with Crippen molar-refractivity contribution in [3.8, 4) is 11.8 Å². The highest BCUT2D eigenvalue weighted by Crippen LogP contribution is 2.27. The molecule has 0 amide bonds. The topological polar surface area (TPSA) is 36.3 Å². The maximum atomic E-state index is 9.20. The highest BCUT2D eigenvalue weighted by atomic mass is 79.9. The summed E-state index contributed by atoms with van der Waals surface area (Å²) in [5.74, 6) is 0.753. The molecule has 0 atom stereocenters. The van der Waals surface area contributed by atoms with Gasteiger partial charge in [-0.15, -0.1) is 0 Å². The third kappa shape index (κ3) is 3.77. The summed E-state index contributed by atoms with van der Waals surface area (Å²) in [5, 5.41) is 9.20. The van der Waals surface area contributed by atoms with E-state index in [-0.39, 0.29) is 0 Å². The molecule has 1 aliphatic rings. The van der Waals surface area contributed by atoms with Crippen LogP contribution in [0.1, 0.15) is 29.5 Å². The monoisotopic (exact) mass is 400 g/mol. The van der Waals surface area contributed by atoms with Gasteiger partial charge in [0.15, 0.2) is 0 Å². The van der Waals surface area contributed by atoms with E-state index in [4.69, 9.17) is 17.0 Å². The molecule has 1 saturated heterocycles. The summed E-state index contributed by atoms with van der Waals surface area (Å²) in [7, 11) is 0. The highest BCUT2D eigenvalue weighted by Gasteiger charge is 2.19. The van der Waals surface area contributed by atoms with Gasteiger partial charge in [-0.1, -0.05) is 46.3 Å². The maximum Gasteiger partial charge on any atom is 0.130 e. The molecule has 1 heterocycles. The highest BCUT2D eigenvalue weighted by molar-refractivity contribution is 9.10. The molecule has 0 unspecified atom stereocenters. The molecule has 0 aromatic heterocycles. The number of halogens is 1. The van der Waals surface area contributed by atoms with Gasteiger partial charge in [0.25, 0.3) is 0 Å². The van der Waals surface area contributed by atoms with E-state index in [1.165, 1.54) is 12.8 Å². The van der Waals surface area contributed by atoms with Crippen molar-refractivity contribution in [1.82, 2.24) is 4.90 Å². The lowest BCUT2D eigenvalue weighted by molar-refractivity contribution is 0.304. The second-order valence-corrected chi connectivity index (χ2v) is 7.00. The standard InChI is InChI=1S/C19H17BrN2OS/c20-16-7-8-18(17(11-16)19(24)22-9-3-4-10-22)23-13-15-6-2-1-5-14(15)12-21/h1-2,5-8,11H,3-4,9-10,13H2. The molecule has 0 radical (unpaired) electrons. The zero-order valence-electron chi connectivity index (χ0n) is 13.2. The van der Waals surface area contributed by atoms with E-state index >= 15 is 0 Å². The summed E-state index contributed by atoms with van der Waals surface area (Å²) >= 11 is 9.19. The minimum absolute atomic E-state index is 0.348. The molecule has 0 aliphatic carbocycles. The van der Waals surface area contributed by atoms with Crippen molar-refractivity contribution in [2.24, 2.45) is 0 Å². The smallest absolute Gasteiger partial charge is 0.130 e. The van der Waals surface area contributed by atoms with Gasteiger partial charge >= 0.3 is 0 Å². The van der Waals surface area contributed by atoms with Crippen molar-refractivity contribution in [3.05, 3.63) is 63.6 Å². The van der Waals surface area contributed by atoms with Gasteiger partial charge in [-0.3, -0.25) is 0 Å². The van der Waals surface area contributed by atoms with Crippen LogP contribution in [0.5, 0.6) is 5.75 Å². The van der Waals surface area contributed by atoms with Crippen LogP contribution in [-0.2, 0) is 6.61 Å². The van der Waals surface area contributed by atoms with Crippen molar-refractivity contribution in [2.45, 2.75) is 19.4 Å². The Hall–Kier alpha value is -1.90. The van der Waals surface area contributed by atoms with Crippen molar-refractivity contribution < 1.29 is 4.74 Å². The molecule has 0 saturated carbocycles. The van der Waals surface area contributed by atoms with E-state index < -0.39 is 0 Å². The van der Waals surface area contributed by atoms with Gasteiger partial charge in [0.1, 0.15) is 17.3 Å². The zero-order chi connectivity index (χ0) is 16.9. The van der Waals surface area contributed by atoms with Crippen LogP contribution in [-0.4, -0.2) is 23.0 Å². The molecule has 24 heavy (non-hydrogen) atoms. The lowest BCUT2D eigenvalue weighted by atomic mass is 10.1. The Bertz CT molecular complexity index is 794.